The van der Waals surface area contributed by atoms with Gasteiger partial charge in [-0.05, 0) is 35.9 Å². The first-order valence-corrected chi connectivity index (χ1v) is 6.62. The van der Waals surface area contributed by atoms with Crippen molar-refractivity contribution in [2.24, 2.45) is 0 Å². The average Bonchev–Trinajstić information content (AvgIpc) is 2.38. The third-order valence-electron chi connectivity index (χ3n) is 2.52. The Balaban J connectivity index is 2.31. The maximum absolute atomic E-state index is 5.95. The normalized spacial score (nSPS) is 10.3. The molecule has 3 nitrogen and oxygen atoms in total. The molecule has 0 saturated carbocycles. The summed E-state index contributed by atoms with van der Waals surface area (Å²) in [4.78, 5) is 4.21. The minimum absolute atomic E-state index is 0.401. The van der Waals surface area contributed by atoms with Crippen LogP contribution in [0.25, 0.3) is 5.57 Å². The summed E-state index contributed by atoms with van der Waals surface area (Å²) in [6, 6.07) is 8.67. The molecule has 0 N–H and O–H groups in total. The monoisotopic (exact) mass is 309 g/mol. The van der Waals surface area contributed by atoms with Crippen LogP contribution in [0.5, 0.6) is 11.6 Å². The van der Waals surface area contributed by atoms with Gasteiger partial charge in [0, 0.05) is 28.9 Å². The highest BCUT2D eigenvalue weighted by atomic mass is 35.5. The van der Waals surface area contributed by atoms with Gasteiger partial charge in [0.2, 0.25) is 5.88 Å². The summed E-state index contributed by atoms with van der Waals surface area (Å²) >= 11 is 11.9. The molecule has 0 amide bonds. The van der Waals surface area contributed by atoms with Gasteiger partial charge in [0.1, 0.15) is 5.75 Å². The Kier molecular flexibility index (Phi) is 5.01. The molecular formula is C15H13Cl2NO2. The van der Waals surface area contributed by atoms with E-state index >= 15 is 0 Å². The lowest BCUT2D eigenvalue weighted by molar-refractivity contribution is 0.239. The van der Waals surface area contributed by atoms with Crippen molar-refractivity contribution in [2.45, 2.75) is 0 Å². The lowest BCUT2D eigenvalue weighted by Crippen LogP contribution is -1.98. The first-order chi connectivity index (χ1) is 9.60. The number of ether oxygens (including phenoxy) is 2. The number of benzene rings is 1. The molecular weight excluding hydrogens is 297 g/mol. The van der Waals surface area contributed by atoms with Crippen LogP contribution in [0.4, 0.5) is 0 Å². The highest BCUT2D eigenvalue weighted by Crippen LogP contribution is 2.31. The Morgan fingerprint density at radius 2 is 1.95 bits per heavy atom. The molecule has 104 valence electrons. The van der Waals surface area contributed by atoms with Crippen LogP contribution in [-0.4, -0.2) is 18.7 Å². The van der Waals surface area contributed by atoms with E-state index in [1.165, 1.54) is 0 Å². The van der Waals surface area contributed by atoms with Crippen LogP contribution in [0.1, 0.15) is 5.56 Å². The van der Waals surface area contributed by atoms with Crippen LogP contribution in [-0.2, 0) is 4.74 Å². The summed E-state index contributed by atoms with van der Waals surface area (Å²) in [6.45, 7) is 4.36. The molecule has 0 spiro atoms. The van der Waals surface area contributed by atoms with Gasteiger partial charge in [0.15, 0.2) is 0 Å². The zero-order valence-corrected chi connectivity index (χ0v) is 12.4. The molecule has 0 fully saturated rings. The van der Waals surface area contributed by atoms with Gasteiger partial charge in [-0.15, -0.1) is 0 Å². The fraction of sp³-hybridized carbons (Fsp3) is 0.133. The second kappa shape index (κ2) is 6.75. The van der Waals surface area contributed by atoms with Crippen LogP contribution < -0.4 is 4.74 Å². The summed E-state index contributed by atoms with van der Waals surface area (Å²) in [7, 11) is 1.61. The number of rotatable bonds is 5. The molecule has 0 aliphatic rings. The van der Waals surface area contributed by atoms with E-state index in [-0.39, 0.29) is 0 Å². The Labute approximate surface area is 127 Å². The first kappa shape index (κ1) is 14.9. The highest BCUT2D eigenvalue weighted by molar-refractivity contribution is 6.34. The summed E-state index contributed by atoms with van der Waals surface area (Å²) in [5, 5.41) is 1.00. The van der Waals surface area contributed by atoms with Crippen molar-refractivity contribution in [3.05, 3.63) is 58.7 Å². The molecule has 1 aromatic heterocycles. The third-order valence-corrected chi connectivity index (χ3v) is 2.96. The largest absolute Gasteiger partial charge is 0.438 e. The fourth-order valence-corrected chi connectivity index (χ4v) is 2.20. The smallest absolute Gasteiger partial charge is 0.226 e. The standard InChI is InChI=1S/C15H13Cl2NO2/c1-10(9-19-2)14-4-3-5-18-15(14)20-13-7-11(16)6-12(17)8-13/h3-8H,1,9H2,2H3. The molecule has 0 saturated heterocycles. The zero-order valence-electron chi connectivity index (χ0n) is 10.9. The van der Waals surface area contributed by atoms with Gasteiger partial charge in [-0.3, -0.25) is 0 Å². The Morgan fingerprint density at radius 3 is 2.60 bits per heavy atom. The van der Waals surface area contributed by atoms with Crippen molar-refractivity contribution >= 4 is 28.8 Å². The molecule has 0 unspecified atom stereocenters. The van der Waals surface area contributed by atoms with Crippen molar-refractivity contribution in [2.75, 3.05) is 13.7 Å². The Morgan fingerprint density at radius 1 is 1.25 bits per heavy atom. The van der Waals surface area contributed by atoms with Gasteiger partial charge in [-0.25, -0.2) is 4.98 Å². The van der Waals surface area contributed by atoms with Gasteiger partial charge >= 0.3 is 0 Å². The van der Waals surface area contributed by atoms with E-state index in [9.17, 15) is 0 Å². The van der Waals surface area contributed by atoms with E-state index < -0.39 is 0 Å². The molecule has 0 bridgehead atoms. The molecule has 2 rings (SSSR count). The Bertz CT molecular complexity index is 609. The number of methoxy groups -OCH3 is 1. The lowest BCUT2D eigenvalue weighted by Gasteiger charge is -2.11. The number of nitrogens with zero attached hydrogens (tertiary/aromatic N) is 1. The number of pyridine rings is 1. The van der Waals surface area contributed by atoms with Crippen molar-refractivity contribution < 1.29 is 9.47 Å². The first-order valence-electron chi connectivity index (χ1n) is 5.86. The lowest BCUT2D eigenvalue weighted by atomic mass is 10.1. The van der Waals surface area contributed by atoms with Gasteiger partial charge in [-0.2, -0.15) is 0 Å². The van der Waals surface area contributed by atoms with Crippen LogP contribution in [0.3, 0.4) is 0 Å². The molecule has 0 aliphatic heterocycles. The number of aromatic nitrogens is 1. The van der Waals surface area contributed by atoms with E-state index in [0.717, 1.165) is 11.1 Å². The summed E-state index contributed by atoms with van der Waals surface area (Å²) < 4.78 is 10.8. The molecule has 0 radical (unpaired) electrons. The van der Waals surface area contributed by atoms with E-state index in [4.69, 9.17) is 32.7 Å². The van der Waals surface area contributed by atoms with Crippen LogP contribution in [0.2, 0.25) is 10.0 Å². The third kappa shape index (κ3) is 3.73. The van der Waals surface area contributed by atoms with Crippen molar-refractivity contribution in [3.8, 4) is 11.6 Å². The fourth-order valence-electron chi connectivity index (χ4n) is 1.69. The average molecular weight is 310 g/mol. The molecule has 0 aliphatic carbocycles. The summed E-state index contributed by atoms with van der Waals surface area (Å²) in [6.07, 6.45) is 1.64. The van der Waals surface area contributed by atoms with Gasteiger partial charge < -0.3 is 9.47 Å². The SMILES string of the molecule is C=C(COC)c1cccnc1Oc1cc(Cl)cc(Cl)c1. The highest BCUT2D eigenvalue weighted by Gasteiger charge is 2.10. The van der Waals surface area contributed by atoms with Crippen LogP contribution in [0, 0.1) is 0 Å². The number of hydrogen-bond donors (Lipinski definition) is 0. The molecule has 1 heterocycles. The van der Waals surface area contributed by atoms with Gasteiger partial charge in [0.05, 0.1) is 6.61 Å². The van der Waals surface area contributed by atoms with E-state index in [0.29, 0.717) is 28.3 Å². The minimum Gasteiger partial charge on any atom is -0.438 e. The van der Waals surface area contributed by atoms with Crippen molar-refractivity contribution in [1.29, 1.82) is 0 Å². The maximum Gasteiger partial charge on any atom is 0.226 e. The van der Waals surface area contributed by atoms with Gasteiger partial charge in [-0.1, -0.05) is 29.8 Å². The quantitative estimate of drug-likeness (QED) is 0.792. The second-order valence-corrected chi connectivity index (χ2v) is 4.97. The topological polar surface area (TPSA) is 31.4 Å². The predicted octanol–water partition coefficient (Wildman–Crippen LogP) is 4.84. The van der Waals surface area contributed by atoms with E-state index in [1.54, 1.807) is 31.5 Å². The maximum atomic E-state index is 5.95. The van der Waals surface area contributed by atoms with E-state index in [2.05, 4.69) is 11.6 Å². The minimum atomic E-state index is 0.401. The zero-order chi connectivity index (χ0) is 14.5. The molecule has 20 heavy (non-hydrogen) atoms. The van der Waals surface area contributed by atoms with Crippen molar-refractivity contribution in [1.82, 2.24) is 4.98 Å². The summed E-state index contributed by atoms with van der Waals surface area (Å²) in [5.41, 5.74) is 1.56. The van der Waals surface area contributed by atoms with Gasteiger partial charge in [0.25, 0.3) is 0 Å². The second-order valence-electron chi connectivity index (χ2n) is 4.10. The molecule has 5 heteroatoms. The number of hydrogen-bond acceptors (Lipinski definition) is 3. The molecule has 0 atom stereocenters. The molecule has 1 aromatic carbocycles. The summed E-state index contributed by atoms with van der Waals surface area (Å²) in [5.74, 6) is 0.959. The molecule has 2 aromatic rings. The van der Waals surface area contributed by atoms with Crippen LogP contribution in [0.15, 0.2) is 43.1 Å². The van der Waals surface area contributed by atoms with E-state index in [1.807, 2.05) is 12.1 Å². The van der Waals surface area contributed by atoms with Crippen molar-refractivity contribution in [3.63, 3.8) is 0 Å². The number of halogens is 2. The Hall–Kier alpha value is -1.55. The predicted molar refractivity (Wildman–Crippen MR) is 81.7 cm³/mol. The van der Waals surface area contributed by atoms with Crippen LogP contribution >= 0.6 is 23.2 Å².